The van der Waals surface area contributed by atoms with E-state index in [0.29, 0.717) is 30.4 Å². The summed E-state index contributed by atoms with van der Waals surface area (Å²) in [6, 6.07) is 10.9. The van der Waals surface area contributed by atoms with Crippen molar-refractivity contribution < 1.29 is 23.1 Å². The van der Waals surface area contributed by atoms with E-state index in [2.05, 4.69) is 15.5 Å². The highest BCUT2D eigenvalue weighted by Gasteiger charge is 2.19. The number of benzene rings is 2. The molecule has 4 rings (SSSR count). The van der Waals surface area contributed by atoms with Crippen molar-refractivity contribution in [3.63, 3.8) is 0 Å². The molecule has 126 valence electrons. The minimum absolute atomic E-state index is 0.0644. The van der Waals surface area contributed by atoms with Gasteiger partial charge in [-0.25, -0.2) is 4.39 Å². The van der Waals surface area contributed by atoms with E-state index < -0.39 is 11.7 Å². The molecule has 0 saturated carbocycles. The van der Waals surface area contributed by atoms with Gasteiger partial charge in [0.2, 0.25) is 0 Å². The van der Waals surface area contributed by atoms with Gasteiger partial charge >= 0.3 is 11.8 Å². The lowest BCUT2D eigenvalue weighted by Crippen LogP contribution is -2.16. The van der Waals surface area contributed by atoms with Gasteiger partial charge < -0.3 is 19.2 Å². The van der Waals surface area contributed by atoms with E-state index in [1.165, 1.54) is 12.1 Å². The predicted octanol–water partition coefficient (Wildman–Crippen LogP) is 2.90. The number of carbonyl (C=O) groups is 1. The largest absolute Gasteiger partial charge is 0.486 e. The number of anilines is 1. The summed E-state index contributed by atoms with van der Waals surface area (Å²) < 4.78 is 29.9. The summed E-state index contributed by atoms with van der Waals surface area (Å²) in [5.74, 6) is -0.291. The van der Waals surface area contributed by atoms with Crippen molar-refractivity contribution in [1.29, 1.82) is 0 Å². The Balaban J connectivity index is 1.53. The molecule has 0 spiro atoms. The summed E-state index contributed by atoms with van der Waals surface area (Å²) in [7, 11) is 0. The minimum atomic E-state index is -0.605. The Morgan fingerprint density at radius 2 is 1.84 bits per heavy atom. The first-order valence-electron chi connectivity index (χ1n) is 7.50. The van der Waals surface area contributed by atoms with E-state index in [1.54, 1.807) is 30.3 Å². The van der Waals surface area contributed by atoms with Crippen molar-refractivity contribution in [2.75, 3.05) is 18.5 Å². The van der Waals surface area contributed by atoms with Crippen molar-refractivity contribution >= 4 is 11.6 Å². The molecule has 0 unspecified atom stereocenters. The van der Waals surface area contributed by atoms with Gasteiger partial charge in [0, 0.05) is 11.8 Å². The molecule has 0 bridgehead atoms. The lowest BCUT2D eigenvalue weighted by Gasteiger charge is -2.18. The zero-order chi connectivity index (χ0) is 17.2. The van der Waals surface area contributed by atoms with Gasteiger partial charge in [-0.15, -0.1) is 10.2 Å². The molecule has 0 radical (unpaired) electrons. The van der Waals surface area contributed by atoms with Gasteiger partial charge in [-0.2, -0.15) is 0 Å². The standard InChI is InChI=1S/C17H12FN3O4/c18-12-4-2-1-3-11(12)16-20-21-17(25-16)15(22)19-10-5-6-13-14(9-10)24-8-7-23-13/h1-6,9H,7-8H2,(H,19,22). The number of rotatable bonds is 3. The van der Waals surface area contributed by atoms with Crippen LogP contribution in [0.1, 0.15) is 10.7 Å². The third-order valence-electron chi connectivity index (χ3n) is 3.52. The summed E-state index contributed by atoms with van der Waals surface area (Å²) in [6.07, 6.45) is 0. The van der Waals surface area contributed by atoms with Crippen molar-refractivity contribution in [2.45, 2.75) is 0 Å². The number of carbonyl (C=O) groups excluding carboxylic acids is 1. The number of hydrogen-bond acceptors (Lipinski definition) is 6. The van der Waals surface area contributed by atoms with Gasteiger partial charge in [0.05, 0.1) is 5.56 Å². The monoisotopic (exact) mass is 341 g/mol. The van der Waals surface area contributed by atoms with Crippen molar-refractivity contribution in [2.24, 2.45) is 0 Å². The van der Waals surface area contributed by atoms with E-state index in [4.69, 9.17) is 13.9 Å². The van der Waals surface area contributed by atoms with Crippen LogP contribution in [0.15, 0.2) is 46.9 Å². The number of nitrogens with zero attached hydrogens (tertiary/aromatic N) is 2. The lowest BCUT2D eigenvalue weighted by atomic mass is 10.2. The van der Waals surface area contributed by atoms with Crippen LogP contribution in [0.4, 0.5) is 10.1 Å². The quantitative estimate of drug-likeness (QED) is 0.788. The number of amides is 1. The second-order valence-electron chi connectivity index (χ2n) is 5.20. The molecule has 0 fully saturated rings. The normalized spacial score (nSPS) is 12.7. The molecule has 2 heterocycles. The van der Waals surface area contributed by atoms with Crippen LogP contribution in [0.3, 0.4) is 0 Å². The zero-order valence-corrected chi connectivity index (χ0v) is 12.9. The minimum Gasteiger partial charge on any atom is -0.486 e. The van der Waals surface area contributed by atoms with Crippen molar-refractivity contribution in [3.05, 3.63) is 54.2 Å². The first-order valence-corrected chi connectivity index (χ1v) is 7.50. The summed E-state index contributed by atoms with van der Waals surface area (Å²) in [5.41, 5.74) is 0.619. The Bertz CT molecular complexity index is 941. The maximum Gasteiger partial charge on any atom is 0.313 e. The topological polar surface area (TPSA) is 86.5 Å². The number of fused-ring (bicyclic) bond motifs is 1. The van der Waals surface area contributed by atoms with Crippen LogP contribution in [0.2, 0.25) is 0 Å². The number of aromatic nitrogens is 2. The average molecular weight is 341 g/mol. The highest BCUT2D eigenvalue weighted by atomic mass is 19.1. The van der Waals surface area contributed by atoms with E-state index in [0.717, 1.165) is 0 Å². The van der Waals surface area contributed by atoms with Crippen LogP contribution in [-0.4, -0.2) is 29.3 Å². The number of hydrogen-bond donors (Lipinski definition) is 1. The Morgan fingerprint density at radius 1 is 1.04 bits per heavy atom. The molecular weight excluding hydrogens is 329 g/mol. The molecule has 1 amide bonds. The van der Waals surface area contributed by atoms with Gasteiger partial charge in [-0.3, -0.25) is 4.79 Å². The highest BCUT2D eigenvalue weighted by Crippen LogP contribution is 2.32. The fourth-order valence-corrected chi connectivity index (χ4v) is 2.36. The van der Waals surface area contributed by atoms with E-state index in [1.807, 2.05) is 0 Å². The Kier molecular flexibility index (Phi) is 3.77. The van der Waals surface area contributed by atoms with Crippen LogP contribution in [0.25, 0.3) is 11.5 Å². The number of halogens is 1. The van der Waals surface area contributed by atoms with Crippen molar-refractivity contribution in [1.82, 2.24) is 10.2 Å². The molecule has 3 aromatic rings. The van der Waals surface area contributed by atoms with Gasteiger partial charge in [0.25, 0.3) is 5.89 Å². The third-order valence-corrected chi connectivity index (χ3v) is 3.52. The molecule has 1 aliphatic rings. The summed E-state index contributed by atoms with van der Waals surface area (Å²) in [4.78, 5) is 12.2. The summed E-state index contributed by atoms with van der Waals surface area (Å²) in [6.45, 7) is 0.930. The molecule has 0 atom stereocenters. The van der Waals surface area contributed by atoms with Crippen LogP contribution in [-0.2, 0) is 0 Å². The summed E-state index contributed by atoms with van der Waals surface area (Å²) >= 11 is 0. The third kappa shape index (κ3) is 3.01. The molecule has 7 nitrogen and oxygen atoms in total. The smallest absolute Gasteiger partial charge is 0.313 e. The van der Waals surface area contributed by atoms with Gasteiger partial charge in [-0.1, -0.05) is 12.1 Å². The second-order valence-corrected chi connectivity index (χ2v) is 5.20. The SMILES string of the molecule is O=C(Nc1ccc2c(c1)OCCO2)c1nnc(-c2ccccc2F)o1. The number of nitrogens with one attached hydrogen (secondary N) is 1. The molecular formula is C17H12FN3O4. The van der Waals surface area contributed by atoms with Crippen LogP contribution >= 0.6 is 0 Å². The van der Waals surface area contributed by atoms with Crippen LogP contribution < -0.4 is 14.8 Å². The Morgan fingerprint density at radius 3 is 2.68 bits per heavy atom. The Hall–Kier alpha value is -3.42. The average Bonchev–Trinajstić information content (AvgIpc) is 3.12. The van der Waals surface area contributed by atoms with Crippen molar-refractivity contribution in [3.8, 4) is 23.0 Å². The first kappa shape index (κ1) is 15.1. The molecule has 2 aromatic carbocycles. The maximum absolute atomic E-state index is 13.7. The zero-order valence-electron chi connectivity index (χ0n) is 12.9. The highest BCUT2D eigenvalue weighted by molar-refractivity contribution is 6.01. The van der Waals surface area contributed by atoms with Gasteiger partial charge in [-0.05, 0) is 24.3 Å². The van der Waals surface area contributed by atoms with Gasteiger partial charge in [0.15, 0.2) is 11.5 Å². The van der Waals surface area contributed by atoms with Crippen LogP contribution in [0, 0.1) is 5.82 Å². The predicted molar refractivity (Wildman–Crippen MR) is 85.1 cm³/mol. The fraction of sp³-hybridized carbons (Fsp3) is 0.118. The summed E-state index contributed by atoms with van der Waals surface area (Å²) in [5, 5.41) is 10.0. The second kappa shape index (κ2) is 6.23. The molecule has 1 aliphatic heterocycles. The molecule has 8 heteroatoms. The van der Waals surface area contributed by atoms with E-state index in [9.17, 15) is 9.18 Å². The first-order chi connectivity index (χ1) is 12.2. The lowest BCUT2D eigenvalue weighted by molar-refractivity contribution is 0.0990. The van der Waals surface area contributed by atoms with E-state index >= 15 is 0 Å². The van der Waals surface area contributed by atoms with Crippen LogP contribution in [0.5, 0.6) is 11.5 Å². The maximum atomic E-state index is 13.7. The molecule has 1 N–H and O–H groups in total. The molecule has 25 heavy (non-hydrogen) atoms. The number of ether oxygens (including phenoxy) is 2. The molecule has 0 aliphatic carbocycles. The molecule has 1 aromatic heterocycles. The Labute approximate surface area is 141 Å². The van der Waals surface area contributed by atoms with E-state index in [-0.39, 0.29) is 17.3 Å². The molecule has 0 saturated heterocycles. The fourth-order valence-electron chi connectivity index (χ4n) is 2.36. The van der Waals surface area contributed by atoms with Gasteiger partial charge in [0.1, 0.15) is 19.0 Å².